The maximum atomic E-state index is 12.0. The van der Waals surface area contributed by atoms with Crippen LogP contribution in [0.1, 0.15) is 53.6 Å². The van der Waals surface area contributed by atoms with Gasteiger partial charge in [0.15, 0.2) is 5.82 Å². The van der Waals surface area contributed by atoms with Crippen LogP contribution in [0.5, 0.6) is 0 Å². The number of carbonyl (C=O) groups is 1. The third-order valence-electron chi connectivity index (χ3n) is 6.50. The number of aliphatic hydroxyl groups excluding tert-OH is 1. The van der Waals surface area contributed by atoms with E-state index in [1.54, 1.807) is 10.9 Å². The summed E-state index contributed by atoms with van der Waals surface area (Å²) >= 11 is 0. The third-order valence-corrected chi connectivity index (χ3v) is 6.50. The summed E-state index contributed by atoms with van der Waals surface area (Å²) in [5.41, 5.74) is 7.02. The Morgan fingerprint density at radius 1 is 1.28 bits per heavy atom. The molecule has 1 aromatic heterocycles. The molecule has 2 fully saturated rings. The van der Waals surface area contributed by atoms with E-state index in [0.717, 1.165) is 38.0 Å². The first-order valence-corrected chi connectivity index (χ1v) is 10.9. The molecule has 4 N–H and O–H groups in total. The van der Waals surface area contributed by atoms with Crippen LogP contribution in [0.25, 0.3) is 0 Å². The number of nitrogens with two attached hydrogens (primary N) is 1. The Bertz CT molecular complexity index is 1050. The number of primary amides is 1. The molecule has 0 spiro atoms. The Morgan fingerprint density at radius 3 is 2.53 bits per heavy atom. The molecule has 2 aliphatic rings. The minimum Gasteiger partial charge on any atom is -0.373 e. The van der Waals surface area contributed by atoms with Crippen LogP contribution >= 0.6 is 0 Å². The van der Waals surface area contributed by atoms with Crippen LogP contribution in [0.2, 0.25) is 0 Å². The van der Waals surface area contributed by atoms with Crippen molar-refractivity contribution in [3.8, 4) is 12.1 Å². The van der Waals surface area contributed by atoms with Gasteiger partial charge in [0, 0.05) is 31.7 Å². The molecule has 1 saturated carbocycles. The summed E-state index contributed by atoms with van der Waals surface area (Å²) in [6, 6.07) is 12.0. The van der Waals surface area contributed by atoms with Crippen LogP contribution in [0.15, 0.2) is 30.5 Å². The first-order chi connectivity index (χ1) is 15.4. The van der Waals surface area contributed by atoms with Crippen LogP contribution in [-0.4, -0.2) is 45.0 Å². The molecule has 32 heavy (non-hydrogen) atoms. The van der Waals surface area contributed by atoms with Crippen molar-refractivity contribution in [2.75, 3.05) is 18.4 Å². The normalized spacial score (nSPS) is 19.0. The number of amides is 1. The first-order valence-electron chi connectivity index (χ1n) is 10.9. The highest BCUT2D eigenvalue weighted by Gasteiger charge is 2.39. The molecule has 1 aliphatic heterocycles. The number of nitriles is 2. The Kier molecular flexibility index (Phi) is 6.13. The number of benzene rings is 1. The molecular formula is C23H27N7O2. The Hall–Kier alpha value is -3.40. The van der Waals surface area contributed by atoms with Crippen LogP contribution in [0.3, 0.4) is 0 Å². The average Bonchev–Trinajstić information content (AvgIpc) is 3.56. The van der Waals surface area contributed by atoms with E-state index in [2.05, 4.69) is 27.5 Å². The summed E-state index contributed by atoms with van der Waals surface area (Å²) in [6.07, 6.45) is 4.38. The zero-order chi connectivity index (χ0) is 22.7. The smallest absolute Gasteiger partial charge is 0.254 e. The lowest BCUT2D eigenvalue weighted by atomic mass is 9.84. The number of nitrogens with zero attached hydrogens (tertiary/aromatic N) is 5. The topological polar surface area (TPSA) is 144 Å². The first kappa shape index (κ1) is 21.8. The summed E-state index contributed by atoms with van der Waals surface area (Å²) in [4.78, 5) is 14.3. The summed E-state index contributed by atoms with van der Waals surface area (Å²) < 4.78 is 1.71. The number of piperidine rings is 1. The lowest BCUT2D eigenvalue weighted by Crippen LogP contribution is -2.46. The zero-order valence-corrected chi connectivity index (χ0v) is 17.9. The fourth-order valence-electron chi connectivity index (χ4n) is 4.28. The number of aromatic nitrogens is 2. The third kappa shape index (κ3) is 4.59. The Balaban J connectivity index is 1.50. The molecule has 9 heteroatoms. The molecule has 1 unspecified atom stereocenters. The van der Waals surface area contributed by atoms with Gasteiger partial charge in [-0.3, -0.25) is 14.4 Å². The van der Waals surface area contributed by atoms with E-state index in [0.29, 0.717) is 18.4 Å². The average molecular weight is 434 g/mol. The highest BCUT2D eigenvalue weighted by molar-refractivity contribution is 5.97. The van der Waals surface area contributed by atoms with E-state index in [-0.39, 0.29) is 23.7 Å². The van der Waals surface area contributed by atoms with Crippen molar-refractivity contribution >= 4 is 11.7 Å². The van der Waals surface area contributed by atoms with Crippen LogP contribution in [0, 0.1) is 28.6 Å². The molecule has 2 aromatic rings. The number of hydrogen-bond donors (Lipinski definition) is 3. The molecule has 1 saturated heterocycles. The minimum atomic E-state index is -0.766. The highest BCUT2D eigenvalue weighted by Crippen LogP contribution is 2.36. The van der Waals surface area contributed by atoms with Gasteiger partial charge in [-0.05, 0) is 43.4 Å². The molecule has 0 bridgehead atoms. The van der Waals surface area contributed by atoms with Crippen molar-refractivity contribution in [1.29, 1.82) is 10.5 Å². The number of rotatable bonds is 8. The van der Waals surface area contributed by atoms with Crippen molar-refractivity contribution in [2.45, 2.75) is 50.4 Å². The van der Waals surface area contributed by atoms with Gasteiger partial charge < -0.3 is 16.2 Å². The molecule has 2 heterocycles. The molecule has 166 valence electrons. The number of hydrogen-bond acceptors (Lipinski definition) is 7. The van der Waals surface area contributed by atoms with E-state index >= 15 is 0 Å². The number of carbonyl (C=O) groups excluding carboxylic acids is 1. The lowest BCUT2D eigenvalue weighted by Gasteiger charge is -2.40. The maximum Gasteiger partial charge on any atom is 0.254 e. The second kappa shape index (κ2) is 8.99. The summed E-state index contributed by atoms with van der Waals surface area (Å²) in [7, 11) is 0. The van der Waals surface area contributed by atoms with Gasteiger partial charge in [-0.25, -0.2) is 0 Å². The second-order valence-corrected chi connectivity index (χ2v) is 8.77. The second-order valence-electron chi connectivity index (χ2n) is 8.77. The fourth-order valence-corrected chi connectivity index (χ4v) is 4.28. The van der Waals surface area contributed by atoms with Crippen molar-refractivity contribution in [3.05, 3.63) is 47.2 Å². The van der Waals surface area contributed by atoms with Crippen molar-refractivity contribution in [2.24, 2.45) is 11.7 Å². The highest BCUT2D eigenvalue weighted by atomic mass is 16.3. The number of anilines is 1. The molecule has 1 aromatic carbocycles. The van der Waals surface area contributed by atoms with Gasteiger partial charge in [-0.2, -0.15) is 15.6 Å². The molecule has 0 radical (unpaired) electrons. The SMILES string of the molecule is N#CCC1(n2cc(C(N)=O)c(NC(O)C3CC3)n2)CCN(Cc2ccc(C#N)cc2)CC1. The minimum absolute atomic E-state index is 0.166. The largest absolute Gasteiger partial charge is 0.373 e. The summed E-state index contributed by atoms with van der Waals surface area (Å²) in [6.45, 7) is 2.29. The molecule has 9 nitrogen and oxygen atoms in total. The van der Waals surface area contributed by atoms with Crippen LogP contribution in [-0.2, 0) is 12.1 Å². The van der Waals surface area contributed by atoms with Crippen molar-refractivity contribution < 1.29 is 9.90 Å². The maximum absolute atomic E-state index is 12.0. The molecule has 1 aliphatic carbocycles. The van der Waals surface area contributed by atoms with Gasteiger partial charge in [0.2, 0.25) is 0 Å². The Morgan fingerprint density at radius 2 is 1.97 bits per heavy atom. The van der Waals surface area contributed by atoms with Gasteiger partial charge in [0.25, 0.3) is 5.91 Å². The van der Waals surface area contributed by atoms with Gasteiger partial charge in [-0.15, -0.1) is 0 Å². The number of likely N-dealkylation sites (tertiary alicyclic amines) is 1. The van der Waals surface area contributed by atoms with E-state index in [4.69, 9.17) is 11.0 Å². The quantitative estimate of drug-likeness (QED) is 0.539. The van der Waals surface area contributed by atoms with Crippen molar-refractivity contribution in [3.63, 3.8) is 0 Å². The van der Waals surface area contributed by atoms with Gasteiger partial charge >= 0.3 is 0 Å². The Labute approximate surface area is 187 Å². The summed E-state index contributed by atoms with van der Waals surface area (Å²) in [5, 5.41) is 36.2. The monoisotopic (exact) mass is 433 g/mol. The van der Waals surface area contributed by atoms with Gasteiger partial charge in [0.1, 0.15) is 11.8 Å². The number of nitrogens with one attached hydrogen (secondary N) is 1. The number of aliphatic hydroxyl groups is 1. The molecule has 1 amide bonds. The van der Waals surface area contributed by atoms with Gasteiger partial charge in [0.05, 0.1) is 29.7 Å². The summed E-state index contributed by atoms with van der Waals surface area (Å²) in [5.74, 6) is -0.180. The predicted octanol–water partition coefficient (Wildman–Crippen LogP) is 1.90. The fraction of sp³-hybridized carbons (Fsp3) is 0.478. The van der Waals surface area contributed by atoms with E-state index in [9.17, 15) is 15.2 Å². The molecule has 4 rings (SSSR count). The van der Waals surface area contributed by atoms with Crippen LogP contribution < -0.4 is 11.1 Å². The molecule has 1 atom stereocenters. The van der Waals surface area contributed by atoms with Gasteiger partial charge in [-0.1, -0.05) is 12.1 Å². The standard InChI is InChI=1S/C23H27N7O2/c24-10-7-23(8-11-29(12-9-23)14-17-3-1-16(13-25)2-4-17)30-15-19(20(26)31)21(28-30)27-22(32)18-5-6-18/h1-4,15,18,22,32H,5-9,11-12,14H2,(H2,26,31)(H,27,28). The lowest BCUT2D eigenvalue weighted by molar-refractivity contribution is 0.0966. The van der Waals surface area contributed by atoms with E-state index in [1.165, 1.54) is 0 Å². The van der Waals surface area contributed by atoms with Crippen molar-refractivity contribution in [1.82, 2.24) is 14.7 Å². The van der Waals surface area contributed by atoms with E-state index in [1.807, 2.05) is 24.3 Å². The van der Waals surface area contributed by atoms with Crippen LogP contribution in [0.4, 0.5) is 5.82 Å². The van der Waals surface area contributed by atoms with E-state index < -0.39 is 17.7 Å². The molecular weight excluding hydrogens is 406 g/mol. The predicted molar refractivity (Wildman–Crippen MR) is 117 cm³/mol. The zero-order valence-electron chi connectivity index (χ0n) is 17.9.